The molecule has 3 aromatic carbocycles. The van der Waals surface area contributed by atoms with E-state index in [1.165, 1.54) is 12.1 Å². The number of rotatable bonds is 8. The van der Waals surface area contributed by atoms with E-state index in [2.05, 4.69) is 5.32 Å². The molecule has 2 N–H and O–H groups in total. The summed E-state index contributed by atoms with van der Waals surface area (Å²) in [6.45, 7) is 1.11. The Labute approximate surface area is 179 Å². The van der Waals surface area contributed by atoms with Crippen molar-refractivity contribution < 1.29 is 19.0 Å². The van der Waals surface area contributed by atoms with Crippen LogP contribution in [0.25, 0.3) is 22.3 Å². The molecule has 0 saturated heterocycles. The summed E-state index contributed by atoms with van der Waals surface area (Å²) in [4.78, 5) is 12.5. The van der Waals surface area contributed by atoms with E-state index in [0.29, 0.717) is 24.7 Å². The molecule has 0 amide bonds. The van der Waals surface area contributed by atoms with Gasteiger partial charge in [0.1, 0.15) is 34.0 Å². The lowest BCUT2D eigenvalue weighted by molar-refractivity contribution is 0.313. The van der Waals surface area contributed by atoms with Gasteiger partial charge in [0.15, 0.2) is 5.43 Å². The molecule has 1 heterocycles. The zero-order chi connectivity index (χ0) is 21.6. The van der Waals surface area contributed by atoms with Gasteiger partial charge in [-0.05, 0) is 18.6 Å². The molecule has 0 bridgehead atoms. The van der Waals surface area contributed by atoms with Crippen LogP contribution < -0.4 is 20.2 Å². The Hall–Kier alpha value is -3.93. The zero-order valence-electron chi connectivity index (χ0n) is 17.1. The predicted octanol–water partition coefficient (Wildman–Crippen LogP) is 5.06. The quantitative estimate of drug-likeness (QED) is 0.390. The molecular weight excluding hydrogens is 394 g/mol. The fraction of sp³-hybridized carbons (Fsp3) is 0.160. The molecular formula is C25H23NO5. The lowest BCUT2D eigenvalue weighted by Crippen LogP contribution is -2.08. The third-order valence-corrected chi connectivity index (χ3v) is 4.85. The standard InChI is InChI=1S/C25H23NO5/c1-29-22-11-6-5-10-19(22)26-12-7-13-30-18-14-20(27)25-21(28)16-23(31-24(25)15-18)17-8-3-2-4-9-17/h2-6,8-11,14-16,26-27H,7,12-13H2,1H3. The summed E-state index contributed by atoms with van der Waals surface area (Å²) in [5, 5.41) is 13.8. The van der Waals surface area contributed by atoms with Crippen LogP contribution in [0.2, 0.25) is 0 Å². The average molecular weight is 417 g/mol. The van der Waals surface area contributed by atoms with Gasteiger partial charge in [-0.1, -0.05) is 42.5 Å². The number of phenols is 1. The summed E-state index contributed by atoms with van der Waals surface area (Å²) in [5.41, 5.74) is 1.69. The van der Waals surface area contributed by atoms with Crippen molar-refractivity contribution in [2.75, 3.05) is 25.6 Å². The van der Waals surface area contributed by atoms with Crippen molar-refractivity contribution in [2.45, 2.75) is 6.42 Å². The second-order valence-electron chi connectivity index (χ2n) is 6.99. The maximum Gasteiger partial charge on any atom is 0.197 e. The summed E-state index contributed by atoms with van der Waals surface area (Å²) in [6, 6.07) is 21.5. The highest BCUT2D eigenvalue weighted by Crippen LogP contribution is 2.31. The molecule has 6 nitrogen and oxygen atoms in total. The number of nitrogens with one attached hydrogen (secondary N) is 1. The highest BCUT2D eigenvalue weighted by molar-refractivity contribution is 5.86. The number of fused-ring (bicyclic) bond motifs is 1. The molecule has 0 saturated carbocycles. The SMILES string of the molecule is COc1ccccc1NCCCOc1cc(O)c2c(=O)cc(-c3ccccc3)oc2c1. The average Bonchev–Trinajstić information content (AvgIpc) is 2.79. The highest BCUT2D eigenvalue weighted by Gasteiger charge is 2.13. The third kappa shape index (κ3) is 4.64. The summed E-state index contributed by atoms with van der Waals surface area (Å²) in [7, 11) is 1.64. The number of methoxy groups -OCH3 is 1. The van der Waals surface area contributed by atoms with Crippen LogP contribution in [0.3, 0.4) is 0 Å². The second kappa shape index (κ2) is 9.26. The minimum absolute atomic E-state index is 0.143. The van der Waals surface area contributed by atoms with Crippen molar-refractivity contribution in [2.24, 2.45) is 0 Å². The van der Waals surface area contributed by atoms with E-state index in [9.17, 15) is 9.90 Å². The van der Waals surface area contributed by atoms with Crippen molar-refractivity contribution in [1.82, 2.24) is 0 Å². The van der Waals surface area contributed by atoms with E-state index >= 15 is 0 Å². The van der Waals surface area contributed by atoms with E-state index in [-0.39, 0.29) is 22.1 Å². The molecule has 0 aliphatic heterocycles. The van der Waals surface area contributed by atoms with Gasteiger partial charge >= 0.3 is 0 Å². The first kappa shape index (κ1) is 20.3. The van der Waals surface area contributed by atoms with Gasteiger partial charge in [0.2, 0.25) is 0 Å². The van der Waals surface area contributed by atoms with E-state index in [1.807, 2.05) is 54.6 Å². The maximum atomic E-state index is 12.5. The van der Waals surface area contributed by atoms with E-state index in [4.69, 9.17) is 13.9 Å². The van der Waals surface area contributed by atoms with Crippen molar-refractivity contribution in [3.05, 3.63) is 83.0 Å². The first-order valence-corrected chi connectivity index (χ1v) is 10.0. The minimum atomic E-state index is -0.301. The smallest absolute Gasteiger partial charge is 0.197 e. The van der Waals surface area contributed by atoms with E-state index in [0.717, 1.165) is 23.4 Å². The van der Waals surface area contributed by atoms with Crippen LogP contribution in [0, 0.1) is 0 Å². The molecule has 0 aliphatic carbocycles. The number of hydrogen-bond donors (Lipinski definition) is 2. The van der Waals surface area contributed by atoms with Crippen LogP contribution in [0.4, 0.5) is 5.69 Å². The largest absolute Gasteiger partial charge is 0.507 e. The minimum Gasteiger partial charge on any atom is -0.507 e. The fourth-order valence-electron chi connectivity index (χ4n) is 3.35. The van der Waals surface area contributed by atoms with Crippen LogP contribution in [0.15, 0.2) is 82.0 Å². The maximum absolute atomic E-state index is 12.5. The van der Waals surface area contributed by atoms with Crippen molar-refractivity contribution in [3.8, 4) is 28.6 Å². The normalized spacial score (nSPS) is 10.7. The van der Waals surface area contributed by atoms with Gasteiger partial charge in [0, 0.05) is 30.3 Å². The summed E-state index contributed by atoms with van der Waals surface area (Å²) in [6.07, 6.45) is 0.727. The van der Waals surface area contributed by atoms with Crippen LogP contribution in [-0.2, 0) is 0 Å². The lowest BCUT2D eigenvalue weighted by Gasteiger charge is -2.12. The van der Waals surface area contributed by atoms with Gasteiger partial charge in [0.05, 0.1) is 19.4 Å². The Kier molecular flexibility index (Phi) is 6.08. The molecule has 158 valence electrons. The molecule has 4 rings (SSSR count). The number of para-hydroxylation sites is 2. The third-order valence-electron chi connectivity index (χ3n) is 4.85. The molecule has 0 fully saturated rings. The Morgan fingerprint density at radius 3 is 2.58 bits per heavy atom. The summed E-state index contributed by atoms with van der Waals surface area (Å²) in [5.74, 6) is 1.51. The Bertz CT molecular complexity index is 1230. The highest BCUT2D eigenvalue weighted by atomic mass is 16.5. The number of aromatic hydroxyl groups is 1. The first-order chi connectivity index (χ1) is 15.2. The summed E-state index contributed by atoms with van der Waals surface area (Å²) < 4.78 is 17.0. The van der Waals surface area contributed by atoms with Gasteiger partial charge in [-0.25, -0.2) is 0 Å². The topological polar surface area (TPSA) is 80.9 Å². The van der Waals surface area contributed by atoms with Crippen LogP contribution in [0.5, 0.6) is 17.2 Å². The second-order valence-corrected chi connectivity index (χ2v) is 6.99. The fourth-order valence-corrected chi connectivity index (χ4v) is 3.35. The van der Waals surface area contributed by atoms with Crippen LogP contribution in [-0.4, -0.2) is 25.4 Å². The number of phenolic OH excluding ortho intramolecular Hbond substituents is 1. The van der Waals surface area contributed by atoms with Gasteiger partial charge in [-0.2, -0.15) is 0 Å². The zero-order valence-corrected chi connectivity index (χ0v) is 17.1. The van der Waals surface area contributed by atoms with Crippen molar-refractivity contribution in [3.63, 3.8) is 0 Å². The molecule has 4 aromatic rings. The van der Waals surface area contributed by atoms with Gasteiger partial charge < -0.3 is 24.3 Å². The molecule has 0 aliphatic rings. The molecule has 0 spiro atoms. The molecule has 0 unspecified atom stereocenters. The molecule has 0 atom stereocenters. The van der Waals surface area contributed by atoms with Gasteiger partial charge in [-0.15, -0.1) is 0 Å². The number of anilines is 1. The van der Waals surface area contributed by atoms with Crippen LogP contribution >= 0.6 is 0 Å². The van der Waals surface area contributed by atoms with Crippen molar-refractivity contribution in [1.29, 1.82) is 0 Å². The Morgan fingerprint density at radius 2 is 1.77 bits per heavy atom. The number of hydrogen-bond acceptors (Lipinski definition) is 6. The molecule has 6 heteroatoms. The van der Waals surface area contributed by atoms with Gasteiger partial charge in [-0.3, -0.25) is 4.79 Å². The van der Waals surface area contributed by atoms with Crippen LogP contribution in [0.1, 0.15) is 6.42 Å². The Balaban J connectivity index is 1.45. The molecule has 0 radical (unpaired) electrons. The molecule has 31 heavy (non-hydrogen) atoms. The Morgan fingerprint density at radius 1 is 1.00 bits per heavy atom. The molecule has 1 aromatic heterocycles. The lowest BCUT2D eigenvalue weighted by atomic mass is 10.1. The first-order valence-electron chi connectivity index (χ1n) is 10.0. The summed E-state index contributed by atoms with van der Waals surface area (Å²) >= 11 is 0. The predicted molar refractivity (Wildman–Crippen MR) is 121 cm³/mol. The van der Waals surface area contributed by atoms with E-state index < -0.39 is 0 Å². The van der Waals surface area contributed by atoms with Gasteiger partial charge in [0.25, 0.3) is 0 Å². The van der Waals surface area contributed by atoms with Crippen molar-refractivity contribution >= 4 is 16.7 Å². The monoisotopic (exact) mass is 417 g/mol. The number of benzene rings is 3. The van der Waals surface area contributed by atoms with E-state index in [1.54, 1.807) is 13.2 Å². The number of ether oxygens (including phenoxy) is 2.